The summed E-state index contributed by atoms with van der Waals surface area (Å²) in [5.74, 6) is -0.785. The lowest BCUT2D eigenvalue weighted by molar-refractivity contribution is -0.117. The molecule has 0 unspecified atom stereocenters. The molecule has 0 radical (unpaired) electrons. The van der Waals surface area contributed by atoms with Crippen LogP contribution < -0.4 is 5.32 Å². The van der Waals surface area contributed by atoms with E-state index in [0.29, 0.717) is 6.42 Å². The van der Waals surface area contributed by atoms with Crippen LogP contribution in [0.5, 0.6) is 0 Å². The normalized spacial score (nSPS) is 19.3. The number of rotatable bonds is 5. The average molecular weight is 211 g/mol. The van der Waals surface area contributed by atoms with Crippen molar-refractivity contribution in [1.29, 1.82) is 0 Å². The van der Waals surface area contributed by atoms with E-state index in [1.54, 1.807) is 0 Å². The molecular formula is C11H17NO3. The first kappa shape index (κ1) is 11.8. The van der Waals surface area contributed by atoms with Crippen LogP contribution >= 0.6 is 0 Å². The second-order valence-corrected chi connectivity index (χ2v) is 3.74. The van der Waals surface area contributed by atoms with Gasteiger partial charge in [0.25, 0.3) is 5.91 Å². The Labute approximate surface area is 89.4 Å². The van der Waals surface area contributed by atoms with Gasteiger partial charge in [0.2, 0.25) is 0 Å². The van der Waals surface area contributed by atoms with Crippen LogP contribution in [0.25, 0.3) is 0 Å². The Hall–Kier alpha value is -1.32. The second-order valence-electron chi connectivity index (χ2n) is 3.74. The first-order valence-corrected chi connectivity index (χ1v) is 5.40. The third-order valence-corrected chi connectivity index (χ3v) is 2.47. The highest BCUT2D eigenvalue weighted by molar-refractivity contribution is 6.25. The van der Waals surface area contributed by atoms with Crippen molar-refractivity contribution in [2.24, 2.45) is 0 Å². The molecule has 0 aromatic rings. The topological polar surface area (TPSA) is 66.4 Å². The number of unbranched alkanes of at least 4 members (excludes halogenated alkanes) is 3. The minimum atomic E-state index is -0.437. The smallest absolute Gasteiger partial charge is 0.258 e. The Morgan fingerprint density at radius 1 is 1.33 bits per heavy atom. The first-order chi connectivity index (χ1) is 7.16. The molecule has 0 aromatic heterocycles. The molecule has 84 valence electrons. The van der Waals surface area contributed by atoms with E-state index in [1.807, 2.05) is 0 Å². The van der Waals surface area contributed by atoms with Gasteiger partial charge in [-0.15, -0.1) is 0 Å². The summed E-state index contributed by atoms with van der Waals surface area (Å²) in [6.45, 7) is 2.12. The molecule has 1 rings (SSSR count). The van der Waals surface area contributed by atoms with Crippen LogP contribution in [0.15, 0.2) is 11.3 Å². The third kappa shape index (κ3) is 3.08. The molecule has 1 amide bonds. The van der Waals surface area contributed by atoms with Crippen LogP contribution in [-0.4, -0.2) is 23.3 Å². The number of nitrogens with one attached hydrogen (secondary N) is 1. The van der Waals surface area contributed by atoms with Gasteiger partial charge >= 0.3 is 0 Å². The van der Waals surface area contributed by atoms with Gasteiger partial charge in [0.1, 0.15) is 11.3 Å². The van der Waals surface area contributed by atoms with Crippen molar-refractivity contribution < 1.29 is 14.7 Å². The zero-order valence-corrected chi connectivity index (χ0v) is 9.01. The molecule has 0 atom stereocenters. The first-order valence-electron chi connectivity index (χ1n) is 5.40. The highest BCUT2D eigenvalue weighted by atomic mass is 16.3. The number of Topliss-reactive ketones (excluding diaryl/α,β-unsaturated/α-hetero) is 1. The molecule has 1 saturated heterocycles. The van der Waals surface area contributed by atoms with E-state index in [0.717, 1.165) is 25.7 Å². The highest BCUT2D eigenvalue weighted by Gasteiger charge is 2.28. The number of hydrogen-bond acceptors (Lipinski definition) is 3. The molecule has 1 fully saturated rings. The number of aliphatic hydroxyl groups excluding tert-OH is 1. The molecule has 1 heterocycles. The predicted molar refractivity (Wildman–Crippen MR) is 56.4 cm³/mol. The van der Waals surface area contributed by atoms with Crippen LogP contribution in [-0.2, 0) is 9.59 Å². The summed E-state index contributed by atoms with van der Waals surface area (Å²) < 4.78 is 0. The standard InChI is InChI=1S/C11H17NO3/c1-2-3-4-5-6-8(13)10-9(14)7-12-11(10)15/h13H,2-7H2,1H3,(H,12,15)/b10-8-. The fourth-order valence-corrected chi connectivity index (χ4v) is 1.60. The van der Waals surface area contributed by atoms with Crippen LogP contribution in [0, 0.1) is 0 Å². The van der Waals surface area contributed by atoms with Crippen molar-refractivity contribution in [3.8, 4) is 0 Å². The van der Waals surface area contributed by atoms with Gasteiger partial charge < -0.3 is 10.4 Å². The van der Waals surface area contributed by atoms with Crippen molar-refractivity contribution >= 4 is 11.7 Å². The number of carbonyl (C=O) groups is 2. The maximum absolute atomic E-state index is 11.2. The molecule has 1 aliphatic heterocycles. The van der Waals surface area contributed by atoms with Gasteiger partial charge in [-0.05, 0) is 6.42 Å². The van der Waals surface area contributed by atoms with E-state index in [9.17, 15) is 14.7 Å². The van der Waals surface area contributed by atoms with E-state index >= 15 is 0 Å². The maximum atomic E-state index is 11.2. The van der Waals surface area contributed by atoms with Gasteiger partial charge in [0.15, 0.2) is 5.78 Å². The Bertz CT molecular complexity index is 276. The second kappa shape index (κ2) is 5.53. The molecule has 0 aromatic carbocycles. The molecule has 0 saturated carbocycles. The molecule has 0 bridgehead atoms. The lowest BCUT2D eigenvalue weighted by atomic mass is 10.1. The van der Waals surface area contributed by atoms with Crippen molar-refractivity contribution in [3.05, 3.63) is 11.3 Å². The van der Waals surface area contributed by atoms with Crippen LogP contribution in [0.3, 0.4) is 0 Å². The number of allylic oxidation sites excluding steroid dienone is 1. The minimum Gasteiger partial charge on any atom is -0.511 e. The van der Waals surface area contributed by atoms with Crippen LogP contribution in [0.2, 0.25) is 0 Å². The molecule has 15 heavy (non-hydrogen) atoms. The molecule has 0 aliphatic carbocycles. The summed E-state index contributed by atoms with van der Waals surface area (Å²) in [5.41, 5.74) is -0.0356. The van der Waals surface area contributed by atoms with E-state index < -0.39 is 5.91 Å². The van der Waals surface area contributed by atoms with Crippen molar-refractivity contribution in [3.63, 3.8) is 0 Å². The maximum Gasteiger partial charge on any atom is 0.258 e. The van der Waals surface area contributed by atoms with Crippen molar-refractivity contribution in [2.75, 3.05) is 6.54 Å². The number of aliphatic hydroxyl groups is 1. The van der Waals surface area contributed by atoms with Crippen LogP contribution in [0.1, 0.15) is 39.0 Å². The SMILES string of the molecule is CCCCCC/C(O)=C1\C(=O)CNC1=O. The fourth-order valence-electron chi connectivity index (χ4n) is 1.60. The summed E-state index contributed by atoms with van der Waals surface area (Å²) in [4.78, 5) is 22.4. The lowest BCUT2D eigenvalue weighted by Gasteiger charge is -2.01. The van der Waals surface area contributed by atoms with Crippen LogP contribution in [0.4, 0.5) is 0 Å². The Balaban J connectivity index is 2.49. The summed E-state index contributed by atoms with van der Waals surface area (Å²) in [6, 6.07) is 0. The molecular weight excluding hydrogens is 194 g/mol. The van der Waals surface area contributed by atoms with Gasteiger partial charge in [-0.1, -0.05) is 26.2 Å². The van der Waals surface area contributed by atoms with Gasteiger partial charge in [0, 0.05) is 6.42 Å². The van der Waals surface area contributed by atoms with Gasteiger partial charge in [-0.3, -0.25) is 9.59 Å². The van der Waals surface area contributed by atoms with Gasteiger partial charge in [-0.2, -0.15) is 0 Å². The Morgan fingerprint density at radius 2 is 2.07 bits per heavy atom. The highest BCUT2D eigenvalue weighted by Crippen LogP contribution is 2.15. The zero-order valence-electron chi connectivity index (χ0n) is 9.01. The Kier molecular flexibility index (Phi) is 4.34. The monoisotopic (exact) mass is 211 g/mol. The minimum absolute atomic E-state index is 0.0210. The predicted octanol–water partition coefficient (Wildman–Crippen LogP) is 1.47. The fraction of sp³-hybridized carbons (Fsp3) is 0.636. The van der Waals surface area contributed by atoms with Gasteiger partial charge in [0.05, 0.1) is 6.54 Å². The zero-order chi connectivity index (χ0) is 11.3. The van der Waals surface area contributed by atoms with E-state index in [4.69, 9.17) is 0 Å². The number of hydrogen-bond donors (Lipinski definition) is 2. The van der Waals surface area contributed by atoms with Gasteiger partial charge in [-0.25, -0.2) is 0 Å². The summed E-state index contributed by atoms with van der Waals surface area (Å²) in [5, 5.41) is 12.0. The molecule has 1 aliphatic rings. The number of ketones is 1. The quantitative estimate of drug-likeness (QED) is 0.313. The summed E-state index contributed by atoms with van der Waals surface area (Å²) in [6.07, 6.45) is 4.50. The molecule has 4 nitrogen and oxygen atoms in total. The molecule has 0 spiro atoms. The molecule has 2 N–H and O–H groups in total. The lowest BCUT2D eigenvalue weighted by Crippen LogP contribution is -2.15. The van der Waals surface area contributed by atoms with Crippen molar-refractivity contribution in [1.82, 2.24) is 5.32 Å². The average Bonchev–Trinajstić information content (AvgIpc) is 2.53. The van der Waals surface area contributed by atoms with Crippen molar-refractivity contribution in [2.45, 2.75) is 39.0 Å². The van der Waals surface area contributed by atoms with E-state index in [2.05, 4.69) is 12.2 Å². The van der Waals surface area contributed by atoms with E-state index in [-0.39, 0.29) is 23.7 Å². The largest absolute Gasteiger partial charge is 0.511 e. The molecule has 4 heteroatoms. The third-order valence-electron chi connectivity index (χ3n) is 2.47. The number of carbonyl (C=O) groups excluding carboxylic acids is 2. The summed E-state index contributed by atoms with van der Waals surface area (Å²) in [7, 11) is 0. The van der Waals surface area contributed by atoms with E-state index in [1.165, 1.54) is 0 Å². The Morgan fingerprint density at radius 3 is 2.60 bits per heavy atom. The number of amides is 1. The summed E-state index contributed by atoms with van der Waals surface area (Å²) >= 11 is 0.